The smallest absolute Gasteiger partial charge is 0.262 e. The summed E-state index contributed by atoms with van der Waals surface area (Å²) in [6.45, 7) is 4.07. The van der Waals surface area contributed by atoms with E-state index in [1.54, 1.807) is 19.1 Å². The van der Waals surface area contributed by atoms with E-state index in [1.165, 1.54) is 32.4 Å². The van der Waals surface area contributed by atoms with Crippen LogP contribution in [0.1, 0.15) is 12.5 Å². The predicted octanol–water partition coefficient (Wildman–Crippen LogP) is 3.87. The normalized spacial score (nSPS) is 11.1. The van der Waals surface area contributed by atoms with Gasteiger partial charge in [-0.15, -0.1) is 0 Å². The van der Waals surface area contributed by atoms with Crippen LogP contribution in [0.2, 0.25) is 5.02 Å². The first-order chi connectivity index (χ1) is 11.8. The minimum atomic E-state index is -3.83. The van der Waals surface area contributed by atoms with Crippen LogP contribution in [0.25, 0.3) is 0 Å². The molecule has 2 aromatic rings. The summed E-state index contributed by atoms with van der Waals surface area (Å²) in [5, 5.41) is 0.319. The van der Waals surface area contributed by atoms with Gasteiger partial charge in [0.1, 0.15) is 17.2 Å². The predicted molar refractivity (Wildman–Crippen MR) is 97.7 cm³/mol. The fraction of sp³-hybridized carbons (Fsp3) is 0.294. The highest BCUT2D eigenvalue weighted by molar-refractivity contribution is 7.92. The number of anilines is 1. The molecule has 6 nitrogen and oxygen atoms in total. The first kappa shape index (κ1) is 19.2. The maximum Gasteiger partial charge on any atom is 0.262 e. The van der Waals surface area contributed by atoms with Gasteiger partial charge in [0.15, 0.2) is 0 Å². The van der Waals surface area contributed by atoms with Crippen LogP contribution in [0.5, 0.6) is 17.2 Å². The fourth-order valence-electron chi connectivity index (χ4n) is 2.32. The number of halogens is 1. The molecular weight excluding hydrogens is 366 g/mol. The molecule has 0 spiro atoms. The number of rotatable bonds is 7. The van der Waals surface area contributed by atoms with Crippen molar-refractivity contribution in [2.24, 2.45) is 0 Å². The summed E-state index contributed by atoms with van der Waals surface area (Å²) in [6, 6.07) is 7.76. The van der Waals surface area contributed by atoms with Crippen LogP contribution in [0, 0.1) is 6.92 Å². The van der Waals surface area contributed by atoms with Crippen molar-refractivity contribution in [1.29, 1.82) is 0 Å². The van der Waals surface area contributed by atoms with E-state index < -0.39 is 10.0 Å². The molecule has 8 heteroatoms. The number of hydrogen-bond acceptors (Lipinski definition) is 5. The van der Waals surface area contributed by atoms with E-state index in [4.69, 9.17) is 25.8 Å². The molecule has 136 valence electrons. The summed E-state index contributed by atoms with van der Waals surface area (Å²) in [7, 11) is -0.955. The molecule has 0 amide bonds. The number of aryl methyl sites for hydroxylation is 1. The largest absolute Gasteiger partial charge is 0.495 e. The van der Waals surface area contributed by atoms with E-state index >= 15 is 0 Å². The van der Waals surface area contributed by atoms with Crippen molar-refractivity contribution < 1.29 is 22.6 Å². The Balaban J connectivity index is 2.42. The number of methoxy groups -OCH3 is 2. The zero-order valence-corrected chi connectivity index (χ0v) is 16.0. The number of benzene rings is 2. The molecule has 0 aliphatic rings. The van der Waals surface area contributed by atoms with Crippen molar-refractivity contribution in [3.63, 3.8) is 0 Å². The van der Waals surface area contributed by atoms with Crippen molar-refractivity contribution in [2.45, 2.75) is 18.7 Å². The Labute approximate surface area is 152 Å². The second kappa shape index (κ2) is 7.84. The SMILES string of the molecule is CCOc1ccc(S(=O)(=O)Nc2cc(OC)c(Cl)cc2OC)c(C)c1. The van der Waals surface area contributed by atoms with E-state index in [2.05, 4.69) is 4.72 Å². The maximum absolute atomic E-state index is 12.8. The van der Waals surface area contributed by atoms with Gasteiger partial charge in [-0.25, -0.2) is 8.42 Å². The topological polar surface area (TPSA) is 73.9 Å². The maximum atomic E-state index is 12.8. The highest BCUT2D eigenvalue weighted by atomic mass is 35.5. The molecule has 0 aliphatic heterocycles. The summed E-state index contributed by atoms with van der Waals surface area (Å²) >= 11 is 6.04. The van der Waals surface area contributed by atoms with Crippen LogP contribution in [0.15, 0.2) is 35.2 Å². The Morgan fingerprint density at radius 2 is 1.76 bits per heavy atom. The molecule has 0 aliphatic carbocycles. The quantitative estimate of drug-likeness (QED) is 0.783. The average molecular weight is 386 g/mol. The summed E-state index contributed by atoms with van der Waals surface area (Å²) in [4.78, 5) is 0.145. The van der Waals surface area contributed by atoms with Crippen molar-refractivity contribution in [2.75, 3.05) is 25.5 Å². The van der Waals surface area contributed by atoms with Gasteiger partial charge in [-0.1, -0.05) is 11.6 Å². The van der Waals surface area contributed by atoms with Gasteiger partial charge in [0, 0.05) is 12.1 Å². The zero-order valence-electron chi connectivity index (χ0n) is 14.4. The van der Waals surface area contributed by atoms with Gasteiger partial charge in [0.2, 0.25) is 0 Å². The molecule has 2 aromatic carbocycles. The molecule has 0 aromatic heterocycles. The molecular formula is C17H20ClNO5S. The van der Waals surface area contributed by atoms with E-state index in [-0.39, 0.29) is 16.3 Å². The molecule has 0 saturated carbocycles. The molecule has 1 N–H and O–H groups in total. The van der Waals surface area contributed by atoms with Gasteiger partial charge >= 0.3 is 0 Å². The summed E-state index contributed by atoms with van der Waals surface area (Å²) < 4.78 is 43.8. The van der Waals surface area contributed by atoms with Crippen molar-refractivity contribution in [3.8, 4) is 17.2 Å². The van der Waals surface area contributed by atoms with Crippen molar-refractivity contribution in [1.82, 2.24) is 0 Å². The van der Waals surface area contributed by atoms with Crippen molar-refractivity contribution >= 4 is 27.3 Å². The van der Waals surface area contributed by atoms with E-state index in [1.807, 2.05) is 6.92 Å². The molecule has 25 heavy (non-hydrogen) atoms. The monoisotopic (exact) mass is 385 g/mol. The van der Waals surface area contributed by atoms with E-state index in [0.717, 1.165) is 0 Å². The van der Waals surface area contributed by atoms with Crippen LogP contribution >= 0.6 is 11.6 Å². The third kappa shape index (κ3) is 4.29. The lowest BCUT2D eigenvalue weighted by Gasteiger charge is -2.15. The molecule has 0 saturated heterocycles. The van der Waals surface area contributed by atoms with Crippen LogP contribution < -0.4 is 18.9 Å². The minimum Gasteiger partial charge on any atom is -0.495 e. The molecule has 0 radical (unpaired) electrons. The summed E-state index contributed by atoms with van der Waals surface area (Å²) in [5.74, 6) is 1.24. The number of ether oxygens (including phenoxy) is 3. The Bertz CT molecular complexity index is 868. The second-order valence-electron chi connectivity index (χ2n) is 5.15. The molecule has 0 fully saturated rings. The lowest BCUT2D eigenvalue weighted by atomic mass is 10.2. The van der Waals surface area contributed by atoms with Crippen LogP contribution in [-0.4, -0.2) is 29.2 Å². The molecule has 0 heterocycles. The van der Waals surface area contributed by atoms with Crippen LogP contribution in [-0.2, 0) is 10.0 Å². The van der Waals surface area contributed by atoms with Crippen molar-refractivity contribution in [3.05, 3.63) is 40.9 Å². The second-order valence-corrected chi connectivity index (χ2v) is 7.21. The lowest BCUT2D eigenvalue weighted by molar-refractivity contribution is 0.339. The zero-order chi connectivity index (χ0) is 18.6. The van der Waals surface area contributed by atoms with Gasteiger partial charge in [-0.2, -0.15) is 0 Å². The molecule has 0 bridgehead atoms. The highest BCUT2D eigenvalue weighted by Gasteiger charge is 2.20. The van der Waals surface area contributed by atoms with Crippen LogP contribution in [0.4, 0.5) is 5.69 Å². The fourth-order valence-corrected chi connectivity index (χ4v) is 3.84. The minimum absolute atomic E-state index is 0.145. The molecule has 2 rings (SSSR count). The van der Waals surface area contributed by atoms with Gasteiger partial charge in [-0.05, 0) is 37.6 Å². The Morgan fingerprint density at radius 1 is 1.08 bits per heavy atom. The lowest BCUT2D eigenvalue weighted by Crippen LogP contribution is -2.15. The Morgan fingerprint density at radius 3 is 2.32 bits per heavy atom. The first-order valence-electron chi connectivity index (χ1n) is 7.50. The Hall–Kier alpha value is -2.12. The standard InChI is InChI=1S/C17H20ClNO5S/c1-5-24-12-6-7-17(11(2)8-12)25(20,21)19-14-10-15(22-3)13(18)9-16(14)23-4/h6-10,19H,5H2,1-4H3. The van der Waals surface area contributed by atoms with Gasteiger partial charge < -0.3 is 14.2 Å². The summed E-state index contributed by atoms with van der Waals surface area (Å²) in [6.07, 6.45) is 0. The summed E-state index contributed by atoms with van der Waals surface area (Å²) in [5.41, 5.74) is 0.801. The number of hydrogen-bond donors (Lipinski definition) is 1. The van der Waals surface area contributed by atoms with Gasteiger partial charge in [0.05, 0.1) is 36.4 Å². The van der Waals surface area contributed by atoms with Gasteiger partial charge in [-0.3, -0.25) is 4.72 Å². The molecule has 0 atom stereocenters. The number of nitrogens with one attached hydrogen (secondary N) is 1. The molecule has 0 unspecified atom stereocenters. The highest BCUT2D eigenvalue weighted by Crippen LogP contribution is 2.37. The van der Waals surface area contributed by atoms with Gasteiger partial charge in [0.25, 0.3) is 10.0 Å². The average Bonchev–Trinajstić information content (AvgIpc) is 2.56. The third-order valence-electron chi connectivity index (χ3n) is 3.47. The van der Waals surface area contributed by atoms with E-state index in [0.29, 0.717) is 28.7 Å². The third-order valence-corrected chi connectivity index (χ3v) is 5.29. The van der Waals surface area contributed by atoms with E-state index in [9.17, 15) is 8.42 Å². The van der Waals surface area contributed by atoms with Crippen LogP contribution in [0.3, 0.4) is 0 Å². The number of sulfonamides is 1. The first-order valence-corrected chi connectivity index (χ1v) is 9.36. The Kier molecular flexibility index (Phi) is 6.02.